The van der Waals surface area contributed by atoms with E-state index in [1.165, 1.54) is 4.90 Å². The lowest BCUT2D eigenvalue weighted by atomic mass is 10.2. The van der Waals surface area contributed by atoms with E-state index in [4.69, 9.17) is 10.8 Å². The van der Waals surface area contributed by atoms with E-state index in [0.29, 0.717) is 30.2 Å². The third-order valence-corrected chi connectivity index (χ3v) is 2.51. The molecule has 1 saturated carbocycles. The quantitative estimate of drug-likeness (QED) is 0.373. The summed E-state index contributed by atoms with van der Waals surface area (Å²) in [5, 5.41) is 18.3. The highest BCUT2D eigenvalue weighted by molar-refractivity contribution is 6.29. The topological polar surface area (TPSA) is 80.0 Å². The molecule has 0 aromatic rings. The molecule has 0 heterocycles. The molecule has 5 nitrogen and oxygen atoms in total. The molecule has 0 amide bonds. The van der Waals surface area contributed by atoms with Gasteiger partial charge in [-0.1, -0.05) is 0 Å². The molecule has 16 heavy (non-hydrogen) atoms. The number of aldehydes is 1. The fraction of sp³-hybridized carbons (Fsp3) is 0.545. The van der Waals surface area contributed by atoms with Gasteiger partial charge in [-0.3, -0.25) is 20.5 Å². The molecule has 0 aliphatic heterocycles. The number of carbonyl (C=O) groups excluding carboxylic acids is 1. The highest BCUT2D eigenvalue weighted by Crippen LogP contribution is 2.33. The van der Waals surface area contributed by atoms with E-state index >= 15 is 0 Å². The highest BCUT2D eigenvalue weighted by atomic mass is 16.1. The summed E-state index contributed by atoms with van der Waals surface area (Å²) in [4.78, 5) is 12.0. The van der Waals surface area contributed by atoms with E-state index < -0.39 is 0 Å². The van der Waals surface area contributed by atoms with Gasteiger partial charge in [0, 0.05) is 25.4 Å². The van der Waals surface area contributed by atoms with Gasteiger partial charge in [0.25, 0.3) is 0 Å². The van der Waals surface area contributed by atoms with Crippen LogP contribution in [-0.4, -0.2) is 29.9 Å². The number of nitrogens with one attached hydrogen (secondary N) is 3. The Kier molecular flexibility index (Phi) is 4.22. The van der Waals surface area contributed by atoms with Crippen molar-refractivity contribution in [2.45, 2.75) is 26.2 Å². The highest BCUT2D eigenvalue weighted by Gasteiger charge is 2.26. The molecule has 1 fully saturated rings. The standard InChI is InChI=1S/C11H18N4O/c1-8(6-14-2)15(11(13)7-16)10(12)5-9-3-4-9/h6-7,9,12-14H,3-5H2,1-2H3/b8-6-,12-10?,13-11?. The van der Waals surface area contributed by atoms with Gasteiger partial charge in [-0.15, -0.1) is 0 Å². The molecule has 0 radical (unpaired) electrons. The van der Waals surface area contributed by atoms with Crippen LogP contribution in [0.2, 0.25) is 0 Å². The molecule has 0 aromatic heterocycles. The van der Waals surface area contributed by atoms with Crippen LogP contribution in [0.4, 0.5) is 0 Å². The van der Waals surface area contributed by atoms with Crippen LogP contribution in [0.5, 0.6) is 0 Å². The lowest BCUT2D eigenvalue weighted by Crippen LogP contribution is -2.36. The lowest BCUT2D eigenvalue weighted by molar-refractivity contribution is -0.103. The molecule has 1 rings (SSSR count). The van der Waals surface area contributed by atoms with E-state index in [2.05, 4.69) is 5.32 Å². The van der Waals surface area contributed by atoms with Gasteiger partial charge in [0.2, 0.25) is 0 Å². The first-order chi connectivity index (χ1) is 7.60. The van der Waals surface area contributed by atoms with Crippen molar-refractivity contribution in [1.82, 2.24) is 10.2 Å². The molecule has 3 N–H and O–H groups in total. The summed E-state index contributed by atoms with van der Waals surface area (Å²) >= 11 is 0. The Balaban J connectivity index is 2.76. The minimum Gasteiger partial charge on any atom is -0.393 e. The molecule has 1 aliphatic rings. The number of nitrogens with zero attached hydrogens (tertiary/aromatic N) is 1. The van der Waals surface area contributed by atoms with Gasteiger partial charge in [0.1, 0.15) is 5.84 Å². The van der Waals surface area contributed by atoms with Crippen molar-refractivity contribution in [2.75, 3.05) is 7.05 Å². The normalized spacial score (nSPS) is 15.5. The molecular weight excluding hydrogens is 204 g/mol. The van der Waals surface area contributed by atoms with Crippen molar-refractivity contribution in [2.24, 2.45) is 5.92 Å². The van der Waals surface area contributed by atoms with Crippen LogP contribution in [0, 0.1) is 16.7 Å². The van der Waals surface area contributed by atoms with Crippen LogP contribution >= 0.6 is 0 Å². The molecule has 0 bridgehead atoms. The summed E-state index contributed by atoms with van der Waals surface area (Å²) in [5.41, 5.74) is 0.685. The molecule has 0 aromatic carbocycles. The molecule has 1 aliphatic carbocycles. The number of allylic oxidation sites excluding steroid dienone is 1. The Hall–Kier alpha value is -1.65. The molecule has 0 saturated heterocycles. The first-order valence-electron chi connectivity index (χ1n) is 5.35. The second kappa shape index (κ2) is 5.44. The maximum atomic E-state index is 10.7. The number of hydrogen-bond acceptors (Lipinski definition) is 4. The van der Waals surface area contributed by atoms with Gasteiger partial charge in [-0.05, 0) is 25.7 Å². The van der Waals surface area contributed by atoms with Crippen molar-refractivity contribution in [3.63, 3.8) is 0 Å². The molecule has 0 unspecified atom stereocenters. The Morgan fingerprint density at radius 3 is 2.56 bits per heavy atom. The summed E-state index contributed by atoms with van der Waals surface area (Å²) < 4.78 is 0. The van der Waals surface area contributed by atoms with Crippen molar-refractivity contribution in [3.8, 4) is 0 Å². The largest absolute Gasteiger partial charge is 0.393 e. The van der Waals surface area contributed by atoms with Crippen LogP contribution in [0.25, 0.3) is 0 Å². The average Bonchev–Trinajstić information content (AvgIpc) is 3.02. The van der Waals surface area contributed by atoms with Crippen LogP contribution in [-0.2, 0) is 4.79 Å². The predicted octanol–water partition coefficient (Wildman–Crippen LogP) is 1.32. The maximum Gasteiger partial charge on any atom is 0.185 e. The van der Waals surface area contributed by atoms with Gasteiger partial charge in [-0.25, -0.2) is 0 Å². The average molecular weight is 222 g/mol. The van der Waals surface area contributed by atoms with Gasteiger partial charge in [0.15, 0.2) is 12.1 Å². The third kappa shape index (κ3) is 3.18. The Morgan fingerprint density at radius 1 is 1.50 bits per heavy atom. The summed E-state index contributed by atoms with van der Waals surface area (Å²) in [6, 6.07) is 0. The van der Waals surface area contributed by atoms with Crippen molar-refractivity contribution < 1.29 is 4.79 Å². The monoisotopic (exact) mass is 222 g/mol. The van der Waals surface area contributed by atoms with Gasteiger partial charge < -0.3 is 5.32 Å². The van der Waals surface area contributed by atoms with Gasteiger partial charge in [-0.2, -0.15) is 0 Å². The summed E-state index contributed by atoms with van der Waals surface area (Å²) in [6.07, 6.45) is 5.10. The number of hydrogen-bond donors (Lipinski definition) is 3. The van der Waals surface area contributed by atoms with Crippen molar-refractivity contribution in [3.05, 3.63) is 11.9 Å². The second-order valence-electron chi connectivity index (χ2n) is 4.01. The second-order valence-corrected chi connectivity index (χ2v) is 4.01. The first-order valence-corrected chi connectivity index (χ1v) is 5.35. The minimum absolute atomic E-state index is 0.186. The van der Waals surface area contributed by atoms with Crippen LogP contribution in [0.15, 0.2) is 11.9 Å². The smallest absolute Gasteiger partial charge is 0.185 e. The van der Waals surface area contributed by atoms with E-state index in [0.717, 1.165) is 12.8 Å². The van der Waals surface area contributed by atoms with E-state index in [9.17, 15) is 4.79 Å². The van der Waals surface area contributed by atoms with Crippen molar-refractivity contribution >= 4 is 18.0 Å². The molecule has 5 heteroatoms. The zero-order valence-electron chi connectivity index (χ0n) is 9.71. The number of carbonyl (C=O) groups is 1. The molecule has 88 valence electrons. The zero-order valence-corrected chi connectivity index (χ0v) is 9.71. The van der Waals surface area contributed by atoms with E-state index in [-0.39, 0.29) is 5.84 Å². The Labute approximate surface area is 95.5 Å². The zero-order chi connectivity index (χ0) is 12.1. The molecule has 0 atom stereocenters. The summed E-state index contributed by atoms with van der Waals surface area (Å²) in [6.45, 7) is 1.77. The molecule has 0 spiro atoms. The number of amidine groups is 2. The fourth-order valence-electron chi connectivity index (χ4n) is 1.56. The minimum atomic E-state index is -0.186. The third-order valence-electron chi connectivity index (χ3n) is 2.51. The van der Waals surface area contributed by atoms with Crippen LogP contribution < -0.4 is 5.32 Å². The van der Waals surface area contributed by atoms with Gasteiger partial charge >= 0.3 is 0 Å². The summed E-state index contributed by atoms with van der Waals surface area (Å²) in [7, 11) is 1.75. The number of rotatable bonds is 5. The van der Waals surface area contributed by atoms with Crippen molar-refractivity contribution in [1.29, 1.82) is 10.8 Å². The van der Waals surface area contributed by atoms with Crippen LogP contribution in [0.3, 0.4) is 0 Å². The summed E-state index contributed by atoms with van der Waals surface area (Å²) in [5.74, 6) is 0.704. The first kappa shape index (κ1) is 12.4. The van der Waals surface area contributed by atoms with E-state index in [1.807, 2.05) is 0 Å². The fourth-order valence-corrected chi connectivity index (χ4v) is 1.56. The predicted molar refractivity (Wildman–Crippen MR) is 63.5 cm³/mol. The van der Waals surface area contributed by atoms with E-state index in [1.54, 1.807) is 20.2 Å². The maximum absolute atomic E-state index is 10.7. The van der Waals surface area contributed by atoms with Crippen LogP contribution in [0.1, 0.15) is 26.2 Å². The Bertz CT molecular complexity index is 331. The molecular formula is C11H18N4O. The Morgan fingerprint density at radius 2 is 2.12 bits per heavy atom. The lowest BCUT2D eigenvalue weighted by Gasteiger charge is -2.23. The SMILES string of the molecule is CN/C=C(/C)N(C(=N)C=O)C(=N)CC1CC1. The van der Waals surface area contributed by atoms with Gasteiger partial charge in [0.05, 0.1) is 0 Å².